The number of benzene rings is 2. The van der Waals surface area contributed by atoms with Crippen LogP contribution in [0.3, 0.4) is 0 Å². The summed E-state index contributed by atoms with van der Waals surface area (Å²) < 4.78 is 37.6. The van der Waals surface area contributed by atoms with Gasteiger partial charge in [0.25, 0.3) is 0 Å². The molecule has 92 valence electrons. The summed E-state index contributed by atoms with van der Waals surface area (Å²) >= 11 is 0. The molecule has 2 aromatic carbocycles. The zero-order valence-corrected chi connectivity index (χ0v) is 9.55. The van der Waals surface area contributed by atoms with E-state index in [1.165, 1.54) is 6.07 Å². The first-order chi connectivity index (χ1) is 7.50. The molecule has 0 saturated heterocycles. The molecule has 0 bridgehead atoms. The lowest BCUT2D eigenvalue weighted by molar-refractivity contribution is -0.148. The summed E-state index contributed by atoms with van der Waals surface area (Å²) in [7, 11) is 0. The number of hydrogen-bond acceptors (Lipinski definition) is 1. The van der Waals surface area contributed by atoms with Gasteiger partial charge in [-0.2, -0.15) is 13.2 Å². The summed E-state index contributed by atoms with van der Waals surface area (Å²) in [6, 6.07) is 9.74. The summed E-state index contributed by atoms with van der Waals surface area (Å²) in [5, 5.41) is 1.31. The second-order valence-electron chi connectivity index (χ2n) is 3.59. The molecule has 0 heterocycles. The van der Waals surface area contributed by atoms with Crippen molar-refractivity contribution in [3.8, 4) is 0 Å². The zero-order valence-electron chi connectivity index (χ0n) is 8.74. The van der Waals surface area contributed by atoms with Gasteiger partial charge in [-0.3, -0.25) is 0 Å². The first kappa shape index (κ1) is 13.8. The van der Waals surface area contributed by atoms with Crippen LogP contribution >= 0.6 is 12.4 Å². The summed E-state index contributed by atoms with van der Waals surface area (Å²) in [5.74, 6) is 0. The van der Waals surface area contributed by atoms with Crippen molar-refractivity contribution in [2.24, 2.45) is 5.73 Å². The third-order valence-electron chi connectivity index (χ3n) is 2.51. The highest BCUT2D eigenvalue weighted by molar-refractivity contribution is 5.86. The molecule has 1 unspecified atom stereocenters. The lowest BCUT2D eigenvalue weighted by Gasteiger charge is -2.17. The average molecular weight is 262 g/mol. The molecular formula is C12H11ClF3N. The minimum atomic E-state index is -4.41. The molecule has 1 nitrogen and oxygen atoms in total. The van der Waals surface area contributed by atoms with Crippen molar-refractivity contribution in [1.29, 1.82) is 0 Å². The van der Waals surface area contributed by atoms with E-state index in [1.807, 2.05) is 0 Å². The molecule has 0 radical (unpaired) electrons. The molecule has 0 aliphatic carbocycles. The van der Waals surface area contributed by atoms with Gasteiger partial charge in [0.2, 0.25) is 0 Å². The fourth-order valence-electron chi connectivity index (χ4n) is 1.70. The molecule has 0 amide bonds. The van der Waals surface area contributed by atoms with Crippen LogP contribution in [-0.4, -0.2) is 6.18 Å². The summed E-state index contributed by atoms with van der Waals surface area (Å²) in [6.07, 6.45) is -4.41. The number of hydrogen-bond donors (Lipinski definition) is 1. The Bertz CT molecular complexity index is 505. The Labute approximate surface area is 103 Å². The van der Waals surface area contributed by atoms with Gasteiger partial charge in [-0.25, -0.2) is 0 Å². The van der Waals surface area contributed by atoms with Crippen molar-refractivity contribution in [3.05, 3.63) is 48.0 Å². The van der Waals surface area contributed by atoms with Gasteiger partial charge < -0.3 is 5.73 Å². The van der Waals surface area contributed by atoms with Gasteiger partial charge in [-0.1, -0.05) is 42.5 Å². The van der Waals surface area contributed by atoms with Gasteiger partial charge >= 0.3 is 6.18 Å². The maximum Gasteiger partial charge on any atom is 0.407 e. The van der Waals surface area contributed by atoms with E-state index in [0.717, 1.165) is 5.39 Å². The Balaban J connectivity index is 0.00000144. The molecule has 1 atom stereocenters. The Morgan fingerprint density at radius 3 is 2.18 bits per heavy atom. The molecule has 0 saturated carbocycles. The number of fused-ring (bicyclic) bond motifs is 1. The number of rotatable bonds is 1. The highest BCUT2D eigenvalue weighted by atomic mass is 35.5. The van der Waals surface area contributed by atoms with Gasteiger partial charge in [0.15, 0.2) is 0 Å². The molecule has 0 aromatic heterocycles. The van der Waals surface area contributed by atoms with Crippen LogP contribution in [0.2, 0.25) is 0 Å². The second-order valence-corrected chi connectivity index (χ2v) is 3.59. The summed E-state index contributed by atoms with van der Waals surface area (Å²) in [4.78, 5) is 0. The van der Waals surface area contributed by atoms with Crippen LogP contribution in [-0.2, 0) is 0 Å². The molecule has 2 aromatic rings. The van der Waals surface area contributed by atoms with Crippen molar-refractivity contribution in [1.82, 2.24) is 0 Å². The third kappa shape index (κ3) is 2.70. The van der Waals surface area contributed by atoms with Crippen LogP contribution in [0.4, 0.5) is 13.2 Å². The van der Waals surface area contributed by atoms with Gasteiger partial charge in [0.1, 0.15) is 6.04 Å². The van der Waals surface area contributed by atoms with Gasteiger partial charge in [-0.05, 0) is 16.3 Å². The van der Waals surface area contributed by atoms with Gasteiger partial charge in [0, 0.05) is 0 Å². The number of alkyl halides is 3. The van der Waals surface area contributed by atoms with E-state index in [2.05, 4.69) is 0 Å². The standard InChI is InChI=1S/C12H10F3N.ClH/c13-12(14,15)11(16)10-7-3-5-8-4-1-2-6-9(8)10;/h1-7,11H,16H2;1H. The van der Waals surface area contributed by atoms with E-state index in [0.29, 0.717) is 5.39 Å². The predicted molar refractivity (Wildman–Crippen MR) is 64.2 cm³/mol. The van der Waals surface area contributed by atoms with Crippen molar-refractivity contribution in [3.63, 3.8) is 0 Å². The van der Waals surface area contributed by atoms with E-state index in [9.17, 15) is 13.2 Å². The van der Waals surface area contributed by atoms with Crippen LogP contribution in [0.5, 0.6) is 0 Å². The Kier molecular flexibility index (Phi) is 4.01. The number of nitrogens with two attached hydrogens (primary N) is 1. The molecule has 2 rings (SSSR count). The minimum absolute atomic E-state index is 0. The monoisotopic (exact) mass is 261 g/mol. The molecule has 17 heavy (non-hydrogen) atoms. The average Bonchev–Trinajstić information content (AvgIpc) is 2.26. The lowest BCUT2D eigenvalue weighted by atomic mass is 9.99. The quantitative estimate of drug-likeness (QED) is 0.830. The van der Waals surface area contributed by atoms with Crippen LogP contribution in [0.1, 0.15) is 11.6 Å². The first-order valence-electron chi connectivity index (χ1n) is 4.80. The van der Waals surface area contributed by atoms with Gasteiger partial charge in [-0.15, -0.1) is 12.4 Å². The largest absolute Gasteiger partial charge is 0.407 e. The SMILES string of the molecule is Cl.NC(c1cccc2ccccc12)C(F)(F)F. The normalized spacial score (nSPS) is 13.2. The maximum atomic E-state index is 12.5. The Morgan fingerprint density at radius 1 is 0.941 bits per heavy atom. The third-order valence-corrected chi connectivity index (χ3v) is 2.51. The highest BCUT2D eigenvalue weighted by Crippen LogP contribution is 2.34. The fourth-order valence-corrected chi connectivity index (χ4v) is 1.70. The zero-order chi connectivity index (χ0) is 11.8. The Hall–Kier alpha value is -1.26. The van der Waals surface area contributed by atoms with Crippen LogP contribution in [0.15, 0.2) is 42.5 Å². The van der Waals surface area contributed by atoms with Crippen LogP contribution in [0.25, 0.3) is 10.8 Å². The minimum Gasteiger partial charge on any atom is -0.316 e. The summed E-state index contributed by atoms with van der Waals surface area (Å²) in [5.41, 5.74) is 5.33. The molecule has 0 fully saturated rings. The summed E-state index contributed by atoms with van der Waals surface area (Å²) in [6.45, 7) is 0. The van der Waals surface area contributed by atoms with Crippen molar-refractivity contribution in [2.75, 3.05) is 0 Å². The second kappa shape index (κ2) is 4.94. The van der Waals surface area contributed by atoms with E-state index in [4.69, 9.17) is 5.73 Å². The smallest absolute Gasteiger partial charge is 0.316 e. The van der Waals surface area contributed by atoms with E-state index >= 15 is 0 Å². The molecule has 0 aliphatic heterocycles. The van der Waals surface area contributed by atoms with Crippen LogP contribution in [0, 0.1) is 0 Å². The van der Waals surface area contributed by atoms with Gasteiger partial charge in [0.05, 0.1) is 0 Å². The highest BCUT2D eigenvalue weighted by Gasteiger charge is 2.38. The molecule has 5 heteroatoms. The molecule has 0 aliphatic rings. The van der Waals surface area contributed by atoms with Crippen molar-refractivity contribution >= 4 is 23.2 Å². The topological polar surface area (TPSA) is 26.0 Å². The predicted octanol–water partition coefficient (Wildman–Crippen LogP) is 3.82. The first-order valence-corrected chi connectivity index (χ1v) is 4.80. The maximum absolute atomic E-state index is 12.5. The molecular weight excluding hydrogens is 251 g/mol. The molecule has 2 N–H and O–H groups in total. The van der Waals surface area contributed by atoms with E-state index < -0.39 is 12.2 Å². The van der Waals surface area contributed by atoms with Crippen LogP contribution < -0.4 is 5.73 Å². The molecule has 0 spiro atoms. The lowest BCUT2D eigenvalue weighted by Crippen LogP contribution is -2.28. The Morgan fingerprint density at radius 2 is 1.53 bits per heavy atom. The van der Waals surface area contributed by atoms with Crippen molar-refractivity contribution in [2.45, 2.75) is 12.2 Å². The van der Waals surface area contributed by atoms with Crippen molar-refractivity contribution < 1.29 is 13.2 Å². The number of halogens is 4. The fraction of sp³-hybridized carbons (Fsp3) is 0.167. The van der Waals surface area contributed by atoms with E-state index in [-0.39, 0.29) is 18.0 Å². The van der Waals surface area contributed by atoms with E-state index in [1.54, 1.807) is 36.4 Å².